The van der Waals surface area contributed by atoms with Crippen molar-refractivity contribution in [2.24, 2.45) is 0 Å². The van der Waals surface area contributed by atoms with Crippen LogP contribution in [0.2, 0.25) is 5.02 Å². The molecule has 0 aromatic heterocycles. The van der Waals surface area contributed by atoms with E-state index in [0.717, 1.165) is 5.56 Å². The Hall–Kier alpha value is -3.12. The van der Waals surface area contributed by atoms with Crippen LogP contribution in [0, 0.1) is 0 Å². The summed E-state index contributed by atoms with van der Waals surface area (Å²) in [5.41, 5.74) is 1.76. The molecule has 2 rings (SSSR count). The van der Waals surface area contributed by atoms with E-state index in [1.54, 1.807) is 68.7 Å². The molecule has 1 N–H and O–H groups in total. The second kappa shape index (κ2) is 9.54. The van der Waals surface area contributed by atoms with E-state index in [2.05, 4.69) is 5.32 Å². The fourth-order valence-electron chi connectivity index (χ4n) is 2.11. The molecule has 6 nitrogen and oxygen atoms in total. The van der Waals surface area contributed by atoms with Crippen LogP contribution >= 0.6 is 11.6 Å². The molecule has 0 radical (unpaired) electrons. The molecule has 0 fully saturated rings. The average molecular weight is 387 g/mol. The van der Waals surface area contributed by atoms with Crippen molar-refractivity contribution in [3.05, 3.63) is 70.8 Å². The molecule has 0 saturated carbocycles. The molecule has 0 unspecified atom stereocenters. The lowest BCUT2D eigenvalue weighted by Crippen LogP contribution is -2.22. The van der Waals surface area contributed by atoms with E-state index < -0.39 is 18.5 Å². The van der Waals surface area contributed by atoms with Crippen LogP contribution in [0.3, 0.4) is 0 Å². The van der Waals surface area contributed by atoms with Crippen LogP contribution in [0.5, 0.6) is 0 Å². The first-order valence-electron chi connectivity index (χ1n) is 8.07. The summed E-state index contributed by atoms with van der Waals surface area (Å²) in [5, 5.41) is 3.15. The molecule has 7 heteroatoms. The largest absolute Gasteiger partial charge is 0.452 e. The number of esters is 1. The monoisotopic (exact) mass is 386 g/mol. The second-order valence-corrected chi connectivity index (χ2v) is 6.26. The Balaban J connectivity index is 1.81. The molecular formula is C20H19ClN2O4. The smallest absolute Gasteiger partial charge is 0.331 e. The number of nitrogens with one attached hydrogen (secondary N) is 1. The number of rotatable bonds is 6. The van der Waals surface area contributed by atoms with Gasteiger partial charge in [-0.15, -0.1) is 0 Å². The van der Waals surface area contributed by atoms with Gasteiger partial charge in [0.05, 0.1) is 0 Å². The van der Waals surface area contributed by atoms with E-state index in [1.165, 1.54) is 11.0 Å². The molecule has 140 valence electrons. The van der Waals surface area contributed by atoms with E-state index in [-0.39, 0.29) is 5.91 Å². The number of benzene rings is 2. The fraction of sp³-hybridized carbons (Fsp3) is 0.150. The summed E-state index contributed by atoms with van der Waals surface area (Å²) in [4.78, 5) is 36.8. The Morgan fingerprint density at radius 2 is 1.81 bits per heavy atom. The number of carbonyl (C=O) groups excluding carboxylic acids is 3. The van der Waals surface area contributed by atoms with Crippen LogP contribution < -0.4 is 5.32 Å². The Morgan fingerprint density at radius 3 is 2.44 bits per heavy atom. The van der Waals surface area contributed by atoms with E-state index in [4.69, 9.17) is 16.3 Å². The molecule has 0 heterocycles. The Morgan fingerprint density at radius 1 is 1.11 bits per heavy atom. The van der Waals surface area contributed by atoms with Crippen molar-refractivity contribution in [3.8, 4) is 0 Å². The van der Waals surface area contributed by atoms with Gasteiger partial charge in [0.15, 0.2) is 6.61 Å². The molecule has 0 aliphatic carbocycles. The Bertz CT molecular complexity index is 861. The fourth-order valence-corrected chi connectivity index (χ4v) is 2.31. The van der Waals surface area contributed by atoms with Crippen molar-refractivity contribution in [2.75, 3.05) is 26.0 Å². The molecule has 0 bridgehead atoms. The zero-order valence-electron chi connectivity index (χ0n) is 14.9. The number of ether oxygens (including phenoxy) is 1. The minimum Gasteiger partial charge on any atom is -0.452 e. The van der Waals surface area contributed by atoms with Gasteiger partial charge >= 0.3 is 5.97 Å². The van der Waals surface area contributed by atoms with Crippen molar-refractivity contribution in [1.29, 1.82) is 0 Å². The van der Waals surface area contributed by atoms with Gasteiger partial charge in [-0.2, -0.15) is 0 Å². The molecule has 0 spiro atoms. The van der Waals surface area contributed by atoms with E-state index in [9.17, 15) is 14.4 Å². The topological polar surface area (TPSA) is 75.7 Å². The first kappa shape index (κ1) is 20.2. The normalized spacial score (nSPS) is 10.5. The highest BCUT2D eigenvalue weighted by molar-refractivity contribution is 6.30. The van der Waals surface area contributed by atoms with Crippen LogP contribution in [0.25, 0.3) is 6.08 Å². The number of nitrogens with zero attached hydrogens (tertiary/aromatic N) is 1. The van der Waals surface area contributed by atoms with Crippen molar-refractivity contribution < 1.29 is 19.1 Å². The quantitative estimate of drug-likeness (QED) is 0.610. The number of amides is 2. The number of hydrogen-bond donors (Lipinski definition) is 1. The summed E-state index contributed by atoms with van der Waals surface area (Å²) in [6.45, 7) is -0.420. The predicted octanol–water partition coefficient (Wildman–Crippen LogP) is 3.24. The van der Waals surface area contributed by atoms with Crippen LogP contribution in [-0.4, -0.2) is 43.4 Å². The molecule has 2 aromatic rings. The van der Waals surface area contributed by atoms with E-state index >= 15 is 0 Å². The van der Waals surface area contributed by atoms with Gasteiger partial charge in [-0.25, -0.2) is 4.79 Å². The van der Waals surface area contributed by atoms with Gasteiger partial charge in [-0.1, -0.05) is 23.7 Å². The standard InChI is InChI=1S/C20H19ClN2O4/c1-23(2)20(26)15-7-9-17(10-8-15)22-18(24)13-27-19(25)11-6-14-4-3-5-16(21)12-14/h3-12H,13H2,1-2H3,(H,22,24)/b11-6+. The predicted molar refractivity (Wildman–Crippen MR) is 105 cm³/mol. The van der Waals surface area contributed by atoms with Gasteiger partial charge in [-0.3, -0.25) is 9.59 Å². The number of carbonyl (C=O) groups is 3. The van der Waals surface area contributed by atoms with Gasteiger partial charge in [0.2, 0.25) is 0 Å². The summed E-state index contributed by atoms with van der Waals surface area (Å²) in [5.74, 6) is -1.25. The lowest BCUT2D eigenvalue weighted by molar-refractivity contribution is -0.142. The summed E-state index contributed by atoms with van der Waals surface area (Å²) < 4.78 is 4.89. The van der Waals surface area contributed by atoms with Gasteiger partial charge in [0.1, 0.15) is 0 Å². The molecule has 2 aromatic carbocycles. The van der Waals surface area contributed by atoms with E-state index in [1.807, 2.05) is 0 Å². The minimum atomic E-state index is -0.642. The third kappa shape index (κ3) is 6.60. The lowest BCUT2D eigenvalue weighted by atomic mass is 10.2. The first-order chi connectivity index (χ1) is 12.8. The van der Waals surface area contributed by atoms with Gasteiger partial charge < -0.3 is 15.0 Å². The Kier molecular flexibility index (Phi) is 7.14. The molecule has 0 saturated heterocycles. The van der Waals surface area contributed by atoms with Crippen molar-refractivity contribution in [3.63, 3.8) is 0 Å². The maximum absolute atomic E-state index is 11.9. The van der Waals surface area contributed by atoms with Crippen molar-refractivity contribution in [2.45, 2.75) is 0 Å². The Labute approximate surface area is 162 Å². The van der Waals surface area contributed by atoms with Crippen molar-refractivity contribution in [1.82, 2.24) is 4.90 Å². The summed E-state index contributed by atoms with van der Waals surface area (Å²) in [6, 6.07) is 13.4. The first-order valence-corrected chi connectivity index (χ1v) is 8.45. The zero-order valence-corrected chi connectivity index (χ0v) is 15.7. The maximum atomic E-state index is 11.9. The SMILES string of the molecule is CN(C)C(=O)c1ccc(NC(=O)COC(=O)/C=C/c2cccc(Cl)c2)cc1. The zero-order chi connectivity index (χ0) is 19.8. The highest BCUT2D eigenvalue weighted by Gasteiger charge is 2.09. The summed E-state index contributed by atoms with van der Waals surface area (Å²) >= 11 is 5.86. The number of halogens is 1. The third-order valence-corrected chi connectivity index (χ3v) is 3.66. The molecular weight excluding hydrogens is 368 g/mol. The van der Waals surface area contributed by atoms with Crippen molar-refractivity contribution >= 4 is 41.1 Å². The third-order valence-electron chi connectivity index (χ3n) is 3.43. The highest BCUT2D eigenvalue weighted by Crippen LogP contribution is 2.12. The van der Waals surface area contributed by atoms with Crippen LogP contribution in [0.1, 0.15) is 15.9 Å². The molecule has 0 aliphatic rings. The summed E-state index contributed by atoms with van der Waals surface area (Å²) in [6.07, 6.45) is 2.77. The molecule has 0 atom stereocenters. The number of anilines is 1. The molecule has 0 aliphatic heterocycles. The van der Waals surface area contributed by atoms with Gasteiger partial charge in [-0.05, 0) is 48.0 Å². The molecule has 2 amide bonds. The summed E-state index contributed by atoms with van der Waals surface area (Å²) in [7, 11) is 3.32. The maximum Gasteiger partial charge on any atom is 0.331 e. The van der Waals surface area contributed by atoms with E-state index in [0.29, 0.717) is 16.3 Å². The lowest BCUT2D eigenvalue weighted by Gasteiger charge is -2.11. The average Bonchev–Trinajstić information content (AvgIpc) is 2.64. The van der Waals surface area contributed by atoms with Crippen LogP contribution in [0.15, 0.2) is 54.6 Å². The van der Waals surface area contributed by atoms with Crippen LogP contribution in [-0.2, 0) is 14.3 Å². The van der Waals surface area contributed by atoms with Crippen LogP contribution in [0.4, 0.5) is 5.69 Å². The van der Waals surface area contributed by atoms with Gasteiger partial charge in [0.25, 0.3) is 11.8 Å². The highest BCUT2D eigenvalue weighted by atomic mass is 35.5. The van der Waals surface area contributed by atoms with Gasteiger partial charge in [0, 0.05) is 36.4 Å². The second-order valence-electron chi connectivity index (χ2n) is 5.82. The minimum absolute atomic E-state index is 0.131. The molecule has 27 heavy (non-hydrogen) atoms. The number of hydrogen-bond acceptors (Lipinski definition) is 4.